The summed E-state index contributed by atoms with van der Waals surface area (Å²) in [5.41, 5.74) is 8.30. The van der Waals surface area contributed by atoms with E-state index in [9.17, 15) is 9.18 Å². The topological polar surface area (TPSA) is 125 Å². The molecule has 1 atom stereocenters. The van der Waals surface area contributed by atoms with Gasteiger partial charge in [-0.1, -0.05) is 23.7 Å². The van der Waals surface area contributed by atoms with E-state index in [0.717, 1.165) is 23.4 Å². The number of benzene rings is 2. The van der Waals surface area contributed by atoms with E-state index in [-0.39, 0.29) is 16.9 Å². The number of anilines is 2. The molecule has 0 radical (unpaired) electrons. The normalized spacial score (nSPS) is 15.2. The van der Waals surface area contributed by atoms with Crippen LogP contribution in [0.5, 0.6) is 5.88 Å². The van der Waals surface area contributed by atoms with E-state index in [0.29, 0.717) is 28.0 Å². The molecule has 1 aliphatic heterocycles. The van der Waals surface area contributed by atoms with Crippen LogP contribution in [0.1, 0.15) is 29.7 Å². The number of methoxy groups -OCH3 is 1. The summed E-state index contributed by atoms with van der Waals surface area (Å²) >= 11 is 6.07. The second kappa shape index (κ2) is 9.94. The van der Waals surface area contributed by atoms with Gasteiger partial charge in [0, 0.05) is 46.0 Å². The molecule has 0 aliphatic carbocycles. The molecule has 35 heavy (non-hydrogen) atoms. The first kappa shape index (κ1) is 23.9. The molecule has 3 aromatic rings. The number of amides is 1. The average molecular weight is 493 g/mol. The molecule has 0 saturated carbocycles. The van der Waals surface area contributed by atoms with Gasteiger partial charge in [-0.05, 0) is 42.8 Å². The van der Waals surface area contributed by atoms with Crippen molar-refractivity contribution in [2.75, 3.05) is 18.2 Å². The van der Waals surface area contributed by atoms with Crippen LogP contribution in [-0.4, -0.2) is 30.1 Å². The summed E-state index contributed by atoms with van der Waals surface area (Å²) in [6.45, 7) is 1.74. The molecule has 178 valence electrons. The smallest absolute Gasteiger partial charge is 0.255 e. The van der Waals surface area contributed by atoms with Crippen molar-refractivity contribution in [3.63, 3.8) is 0 Å². The summed E-state index contributed by atoms with van der Waals surface area (Å²) in [5.74, 6) is -0.324. The van der Waals surface area contributed by atoms with Crippen molar-refractivity contribution < 1.29 is 13.9 Å². The minimum absolute atomic E-state index is 0.0912. The molecule has 5 N–H and O–H groups in total. The monoisotopic (exact) mass is 492 g/mol. The molecule has 1 aromatic heterocycles. The Morgan fingerprint density at radius 2 is 2.00 bits per heavy atom. The summed E-state index contributed by atoms with van der Waals surface area (Å²) in [4.78, 5) is 22.3. The molecular weight excluding hydrogens is 471 g/mol. The Morgan fingerprint density at radius 3 is 2.69 bits per heavy atom. The number of aliphatic imine (C=N–C) groups is 1. The predicted molar refractivity (Wildman–Crippen MR) is 135 cm³/mol. The van der Waals surface area contributed by atoms with Gasteiger partial charge in [0.15, 0.2) is 0 Å². The summed E-state index contributed by atoms with van der Waals surface area (Å²) in [7, 11) is 1.52. The van der Waals surface area contributed by atoms with E-state index in [2.05, 4.69) is 15.6 Å². The van der Waals surface area contributed by atoms with E-state index in [1.807, 2.05) is 0 Å². The van der Waals surface area contributed by atoms with Gasteiger partial charge in [-0.2, -0.15) is 0 Å². The molecule has 4 rings (SSSR count). The third kappa shape index (κ3) is 4.99. The zero-order chi connectivity index (χ0) is 25.1. The van der Waals surface area contributed by atoms with Crippen LogP contribution in [0.2, 0.25) is 5.02 Å². The lowest BCUT2D eigenvalue weighted by Gasteiger charge is -2.27. The fourth-order valence-electron chi connectivity index (χ4n) is 3.69. The number of hydrogen-bond donors (Lipinski definition) is 4. The lowest BCUT2D eigenvalue weighted by molar-refractivity contribution is -0.113. The van der Waals surface area contributed by atoms with Crippen molar-refractivity contribution in [1.29, 1.82) is 5.41 Å². The first-order chi connectivity index (χ1) is 16.8. The molecule has 8 nitrogen and oxygen atoms in total. The van der Waals surface area contributed by atoms with Gasteiger partial charge in [-0.3, -0.25) is 9.79 Å². The standard InChI is InChI=1S/C25H22ClFN6O2/c1-13-22(25(34)32-20-9-16(12-28)19(29)11-18(20)27)23(14-3-5-17(26)6-4-14)33-24(31-13)15-7-8-30-21(10-15)35-2/h3-12,23,28H,29H2,1-2H3,(H,31,33)(H,32,34). The van der Waals surface area contributed by atoms with E-state index < -0.39 is 17.8 Å². The number of aromatic nitrogens is 1. The van der Waals surface area contributed by atoms with Gasteiger partial charge in [0.05, 0.1) is 18.4 Å². The number of carbonyl (C=O) groups is 1. The van der Waals surface area contributed by atoms with Gasteiger partial charge in [0.2, 0.25) is 5.88 Å². The number of halogens is 2. The zero-order valence-electron chi connectivity index (χ0n) is 18.9. The second-order valence-electron chi connectivity index (χ2n) is 7.74. The van der Waals surface area contributed by atoms with Gasteiger partial charge in [-0.15, -0.1) is 0 Å². The minimum atomic E-state index is -0.709. The molecule has 2 heterocycles. The van der Waals surface area contributed by atoms with E-state index in [4.69, 9.17) is 32.5 Å². The van der Waals surface area contributed by atoms with Gasteiger partial charge < -0.3 is 26.5 Å². The number of amidine groups is 1. The van der Waals surface area contributed by atoms with Crippen LogP contribution in [0.4, 0.5) is 15.8 Å². The Kier molecular flexibility index (Phi) is 6.79. The van der Waals surface area contributed by atoms with E-state index >= 15 is 0 Å². The van der Waals surface area contributed by atoms with Crippen LogP contribution >= 0.6 is 11.6 Å². The Bertz CT molecular complexity index is 1370. The van der Waals surface area contributed by atoms with Gasteiger partial charge in [0.1, 0.15) is 17.7 Å². The second-order valence-corrected chi connectivity index (χ2v) is 8.18. The van der Waals surface area contributed by atoms with E-state index in [1.165, 1.54) is 13.2 Å². The van der Waals surface area contributed by atoms with Crippen molar-refractivity contribution in [2.45, 2.75) is 13.0 Å². The van der Waals surface area contributed by atoms with Gasteiger partial charge >= 0.3 is 0 Å². The third-order valence-corrected chi connectivity index (χ3v) is 5.72. The molecule has 1 aliphatic rings. The maximum Gasteiger partial charge on any atom is 0.255 e. The Hall–Kier alpha value is -4.24. The molecule has 2 aromatic carbocycles. The molecular formula is C25H22ClFN6O2. The lowest BCUT2D eigenvalue weighted by Crippen LogP contribution is -2.34. The quantitative estimate of drug-likeness (QED) is 0.298. The van der Waals surface area contributed by atoms with Crippen LogP contribution in [0, 0.1) is 11.2 Å². The number of ether oxygens (including phenoxy) is 1. The molecule has 0 bridgehead atoms. The Labute approximate surface area is 206 Å². The number of nitrogen functional groups attached to an aromatic ring is 1. The number of nitrogens with two attached hydrogens (primary N) is 1. The van der Waals surface area contributed by atoms with Crippen LogP contribution in [0.25, 0.3) is 0 Å². The maximum atomic E-state index is 14.5. The number of pyridine rings is 1. The van der Waals surface area contributed by atoms with Crippen LogP contribution in [0.3, 0.4) is 0 Å². The summed E-state index contributed by atoms with van der Waals surface area (Å²) in [6, 6.07) is 12.2. The summed E-state index contributed by atoms with van der Waals surface area (Å²) < 4.78 is 19.8. The van der Waals surface area contributed by atoms with Gasteiger partial charge in [-0.25, -0.2) is 9.37 Å². The first-order valence-electron chi connectivity index (χ1n) is 10.5. The van der Waals surface area contributed by atoms with Gasteiger partial charge in [0.25, 0.3) is 5.91 Å². The van der Waals surface area contributed by atoms with Crippen molar-refractivity contribution >= 4 is 40.9 Å². The molecule has 0 spiro atoms. The van der Waals surface area contributed by atoms with E-state index in [1.54, 1.807) is 49.5 Å². The number of allylic oxidation sites excluding steroid dienone is 1. The number of rotatable bonds is 6. The highest BCUT2D eigenvalue weighted by Gasteiger charge is 2.30. The van der Waals surface area contributed by atoms with Crippen LogP contribution in [0.15, 0.2) is 71.0 Å². The minimum Gasteiger partial charge on any atom is -0.481 e. The summed E-state index contributed by atoms with van der Waals surface area (Å²) in [5, 5.41) is 13.8. The molecule has 1 unspecified atom stereocenters. The summed E-state index contributed by atoms with van der Waals surface area (Å²) in [6.07, 6.45) is 2.59. The Morgan fingerprint density at radius 1 is 1.26 bits per heavy atom. The number of hydrogen-bond acceptors (Lipinski definition) is 7. The molecule has 0 fully saturated rings. The average Bonchev–Trinajstić information content (AvgIpc) is 2.85. The number of nitrogens with zero attached hydrogens (tertiary/aromatic N) is 2. The molecule has 10 heteroatoms. The molecule has 1 amide bonds. The van der Waals surface area contributed by atoms with Crippen LogP contribution < -0.4 is 21.1 Å². The van der Waals surface area contributed by atoms with Crippen molar-refractivity contribution in [3.8, 4) is 5.88 Å². The fraction of sp³-hybridized carbons (Fsp3) is 0.120. The van der Waals surface area contributed by atoms with Crippen molar-refractivity contribution in [1.82, 2.24) is 10.3 Å². The highest BCUT2D eigenvalue weighted by atomic mass is 35.5. The predicted octanol–water partition coefficient (Wildman–Crippen LogP) is 4.47. The largest absolute Gasteiger partial charge is 0.481 e. The SMILES string of the molecule is COc1cc(C2=NC(c3ccc(Cl)cc3)C(C(=O)Nc3cc(C=N)c(N)cc3F)=C(C)N2)ccn1. The zero-order valence-corrected chi connectivity index (χ0v) is 19.7. The van der Waals surface area contributed by atoms with Crippen molar-refractivity contribution in [3.05, 3.63) is 93.5 Å². The third-order valence-electron chi connectivity index (χ3n) is 5.47. The Balaban J connectivity index is 1.75. The highest BCUT2D eigenvalue weighted by molar-refractivity contribution is 6.30. The van der Waals surface area contributed by atoms with Crippen LogP contribution in [-0.2, 0) is 4.79 Å². The molecule has 0 saturated heterocycles. The lowest BCUT2D eigenvalue weighted by atomic mass is 9.94. The first-order valence-corrected chi connectivity index (χ1v) is 10.9. The number of nitrogens with one attached hydrogen (secondary N) is 3. The highest BCUT2D eigenvalue weighted by Crippen LogP contribution is 2.33. The van der Waals surface area contributed by atoms with Crippen molar-refractivity contribution in [2.24, 2.45) is 4.99 Å². The fourth-order valence-corrected chi connectivity index (χ4v) is 3.81. The maximum absolute atomic E-state index is 14.5. The number of carbonyl (C=O) groups excluding carboxylic acids is 1.